The summed E-state index contributed by atoms with van der Waals surface area (Å²) in [5, 5.41) is 81.1. The number of rotatable bonds is 19. The van der Waals surface area contributed by atoms with E-state index in [0.29, 0.717) is 80.7 Å². The van der Waals surface area contributed by atoms with Gasteiger partial charge in [0.2, 0.25) is 11.6 Å². The second-order valence-electron chi connectivity index (χ2n) is 17.8. The van der Waals surface area contributed by atoms with Crippen molar-refractivity contribution in [3.05, 3.63) is 106 Å². The number of benzene rings is 2. The van der Waals surface area contributed by atoms with E-state index in [2.05, 4.69) is 59.1 Å². The molecule has 5 atom stereocenters. The van der Waals surface area contributed by atoms with Crippen LogP contribution in [0.25, 0.3) is 0 Å². The number of phenols is 2. The number of hydrogen-bond donors (Lipinski definition) is 11. The number of phenolic OH excluding ortho intramolecular Hbond substituents is 2. The molecule has 0 heterocycles. The molecule has 2 aromatic rings. The molecule has 13 heteroatoms. The Bertz CT molecular complexity index is 1990. The van der Waals surface area contributed by atoms with Crippen LogP contribution in [0, 0.1) is 17.3 Å². The minimum atomic E-state index is -0.678. The highest BCUT2D eigenvalue weighted by atomic mass is 16.3. The maximum absolute atomic E-state index is 13.4. The molecule has 3 fully saturated rings. The molecule has 0 radical (unpaired) electrons. The van der Waals surface area contributed by atoms with E-state index in [1.54, 1.807) is 12.1 Å². The molecular formula is C51H72N4O9. The van der Waals surface area contributed by atoms with Crippen molar-refractivity contribution in [2.45, 2.75) is 103 Å². The summed E-state index contributed by atoms with van der Waals surface area (Å²) in [4.78, 5) is 26.7. The van der Waals surface area contributed by atoms with E-state index in [4.69, 9.17) is 10.2 Å². The van der Waals surface area contributed by atoms with Gasteiger partial charge in [-0.1, -0.05) is 69.4 Å². The number of hydrogen-bond acceptors (Lipinski definition) is 13. The maximum atomic E-state index is 13.4. The van der Waals surface area contributed by atoms with E-state index in [0.717, 1.165) is 36.8 Å². The Kier molecular flexibility index (Phi) is 18.5. The van der Waals surface area contributed by atoms with E-state index in [1.165, 1.54) is 43.4 Å². The molecule has 0 aliphatic heterocycles. The first-order valence-corrected chi connectivity index (χ1v) is 23.2. The van der Waals surface area contributed by atoms with Crippen molar-refractivity contribution in [1.29, 1.82) is 0 Å². The molecule has 3 saturated carbocycles. The van der Waals surface area contributed by atoms with E-state index < -0.39 is 29.4 Å². The number of aliphatic hydroxyl groups is 5. The lowest BCUT2D eigenvalue weighted by atomic mass is 9.63. The predicted molar refractivity (Wildman–Crippen MR) is 253 cm³/mol. The second kappa shape index (κ2) is 23.5. The molecule has 0 spiro atoms. The predicted octanol–water partition coefficient (Wildman–Crippen LogP) is 6.04. The Balaban J connectivity index is 0.000000241. The number of aromatic hydroxyl groups is 2. The normalized spacial score (nSPS) is 24.5. The van der Waals surface area contributed by atoms with Crippen LogP contribution in [0.2, 0.25) is 0 Å². The van der Waals surface area contributed by atoms with Gasteiger partial charge in [0.15, 0.2) is 0 Å². The monoisotopic (exact) mass is 885 g/mol. The SMILES string of the molecule is C=C1/C(=C\C=C2/CCC[C@]3(C)[C@@H](C/C=C/C=C/C(O)(CC)CC)CC[C@@H]23)C[C@@H](O)C[C@@H]1O.O=C1c2c(O)ccc(O)c2C(=O)c2c(NCCNCCO)ccc(NCCNCCO)c21. The average molecular weight is 885 g/mol. The molecule has 13 nitrogen and oxygen atoms in total. The molecule has 0 bridgehead atoms. The zero-order valence-electron chi connectivity index (χ0n) is 38.0. The van der Waals surface area contributed by atoms with Gasteiger partial charge in [0.25, 0.3) is 0 Å². The fraction of sp³-hybridized carbons (Fsp3) is 0.529. The minimum Gasteiger partial charge on any atom is -0.507 e. The van der Waals surface area contributed by atoms with Gasteiger partial charge in [-0.2, -0.15) is 0 Å². The topological polar surface area (TPSA) is 224 Å². The summed E-state index contributed by atoms with van der Waals surface area (Å²) in [5.74, 6) is -0.545. The van der Waals surface area contributed by atoms with Gasteiger partial charge < -0.3 is 57.0 Å². The fourth-order valence-corrected chi connectivity index (χ4v) is 9.88. The number of carbonyl (C=O) groups is 2. The third kappa shape index (κ3) is 12.0. The van der Waals surface area contributed by atoms with Gasteiger partial charge >= 0.3 is 0 Å². The first-order valence-electron chi connectivity index (χ1n) is 23.2. The van der Waals surface area contributed by atoms with Crippen LogP contribution in [0.3, 0.4) is 0 Å². The maximum Gasteiger partial charge on any atom is 0.200 e. The van der Waals surface area contributed by atoms with Gasteiger partial charge in [-0.15, -0.1) is 0 Å². The molecule has 11 N–H and O–H groups in total. The standard InChI is InChI=1S/C29H44O3.C22H28N4O6/c1-5-29(32,6-2)18-9-7-8-12-24-15-16-26-22(11-10-17-28(24,26)4)13-14-23-19-25(30)20-27(31)21(23)3;27-11-9-23-5-7-25-13-1-2-14(26-8-6-24-10-12-28)18-17(13)21(31)19-15(29)3-4-16(30)20(19)22(18)32/h7-9,13-14,18,24-27,30-32H,3,5-6,10-12,15-17,19-20H2,1-2,4H3;1-4,23-30H,5-12H2/b8-7+,18-9+,22-13+,23-14-;/t24-,25+,26-,27-,28+;/m0./s1. The van der Waals surface area contributed by atoms with Crippen molar-refractivity contribution in [2.24, 2.45) is 17.3 Å². The molecule has 2 aromatic carbocycles. The molecule has 64 heavy (non-hydrogen) atoms. The Labute approximate surface area is 378 Å². The zero-order chi connectivity index (χ0) is 46.4. The molecule has 0 unspecified atom stereocenters. The van der Waals surface area contributed by atoms with Crippen LogP contribution in [0.4, 0.5) is 11.4 Å². The number of anilines is 2. The Morgan fingerprint density at radius 1 is 0.797 bits per heavy atom. The Morgan fingerprint density at radius 2 is 1.38 bits per heavy atom. The highest BCUT2D eigenvalue weighted by Gasteiger charge is 2.48. The fourth-order valence-electron chi connectivity index (χ4n) is 9.88. The van der Waals surface area contributed by atoms with Crippen LogP contribution in [-0.4, -0.2) is 118 Å². The smallest absolute Gasteiger partial charge is 0.200 e. The van der Waals surface area contributed by atoms with Crippen LogP contribution >= 0.6 is 0 Å². The lowest BCUT2D eigenvalue weighted by Gasteiger charge is -2.42. The largest absolute Gasteiger partial charge is 0.507 e. The van der Waals surface area contributed by atoms with Crippen molar-refractivity contribution in [3.63, 3.8) is 0 Å². The van der Waals surface area contributed by atoms with Crippen LogP contribution in [-0.2, 0) is 0 Å². The van der Waals surface area contributed by atoms with Crippen molar-refractivity contribution < 1.29 is 45.3 Å². The van der Waals surface area contributed by atoms with Crippen LogP contribution in [0.5, 0.6) is 11.5 Å². The number of nitrogens with one attached hydrogen (secondary N) is 4. The lowest BCUT2D eigenvalue weighted by molar-refractivity contribution is 0.0827. The van der Waals surface area contributed by atoms with Gasteiger partial charge in [-0.25, -0.2) is 0 Å². The van der Waals surface area contributed by atoms with E-state index in [1.807, 2.05) is 26.0 Å². The summed E-state index contributed by atoms with van der Waals surface area (Å²) in [6, 6.07) is 5.74. The molecule has 6 rings (SSSR count). The van der Waals surface area contributed by atoms with Crippen molar-refractivity contribution in [1.82, 2.24) is 10.6 Å². The highest BCUT2D eigenvalue weighted by Crippen LogP contribution is 2.58. The van der Waals surface area contributed by atoms with Crippen molar-refractivity contribution in [2.75, 3.05) is 63.1 Å². The summed E-state index contributed by atoms with van der Waals surface area (Å²) < 4.78 is 0. The van der Waals surface area contributed by atoms with Crippen molar-refractivity contribution >= 4 is 22.9 Å². The van der Waals surface area contributed by atoms with E-state index in [9.17, 15) is 35.1 Å². The third-order valence-corrected chi connectivity index (χ3v) is 13.8. The molecule has 0 saturated heterocycles. The van der Waals surface area contributed by atoms with E-state index in [-0.39, 0.29) is 47.0 Å². The summed E-state index contributed by atoms with van der Waals surface area (Å²) >= 11 is 0. The molecule has 4 aliphatic carbocycles. The van der Waals surface area contributed by atoms with Crippen molar-refractivity contribution in [3.8, 4) is 11.5 Å². The average Bonchev–Trinajstić information content (AvgIpc) is 3.62. The summed E-state index contributed by atoms with van der Waals surface area (Å²) in [7, 11) is 0. The first kappa shape index (κ1) is 50.4. The number of ketones is 2. The first-order chi connectivity index (χ1) is 30.7. The van der Waals surface area contributed by atoms with E-state index >= 15 is 0 Å². The molecule has 0 amide bonds. The van der Waals surface area contributed by atoms with Crippen LogP contribution in [0.1, 0.15) is 117 Å². The van der Waals surface area contributed by atoms with Gasteiger partial charge in [-0.05, 0) is 110 Å². The summed E-state index contributed by atoms with van der Waals surface area (Å²) in [6.45, 7) is 13.4. The number of allylic oxidation sites excluding steroid dienone is 6. The number of aliphatic hydroxyl groups excluding tert-OH is 4. The second-order valence-corrected chi connectivity index (χ2v) is 17.8. The molecule has 0 aromatic heterocycles. The Hall–Kier alpha value is -4.60. The summed E-state index contributed by atoms with van der Waals surface area (Å²) in [5.41, 5.74) is 3.65. The van der Waals surface area contributed by atoms with Gasteiger partial charge in [0.1, 0.15) is 11.5 Å². The van der Waals surface area contributed by atoms with Crippen LogP contribution in [0.15, 0.2) is 84.0 Å². The highest BCUT2D eigenvalue weighted by molar-refractivity contribution is 6.33. The number of carbonyl (C=O) groups excluding carboxylic acids is 2. The van der Waals surface area contributed by atoms with Gasteiger partial charge in [0, 0.05) is 57.1 Å². The molecule has 350 valence electrons. The Morgan fingerprint density at radius 3 is 1.92 bits per heavy atom. The lowest BCUT2D eigenvalue weighted by Crippen LogP contribution is -2.33. The van der Waals surface area contributed by atoms with Gasteiger partial charge in [-0.3, -0.25) is 9.59 Å². The van der Waals surface area contributed by atoms with Crippen LogP contribution < -0.4 is 21.3 Å². The molecular weight excluding hydrogens is 813 g/mol. The molecule has 4 aliphatic rings. The number of fused-ring (bicyclic) bond motifs is 3. The van der Waals surface area contributed by atoms with Gasteiger partial charge in [0.05, 0.1) is 53.3 Å². The quantitative estimate of drug-likeness (QED) is 0.0376. The third-order valence-electron chi connectivity index (χ3n) is 13.8. The summed E-state index contributed by atoms with van der Waals surface area (Å²) in [6.07, 6.45) is 21.4. The minimum absolute atomic E-state index is 0.00939. The zero-order valence-corrected chi connectivity index (χ0v) is 38.0.